The zero-order chi connectivity index (χ0) is 11.9. The molecule has 0 aliphatic rings. The molecular weight excluding hydrogens is 225 g/mol. The first kappa shape index (κ1) is 14.5. The summed E-state index contributed by atoms with van der Waals surface area (Å²) >= 11 is 0. The van der Waals surface area contributed by atoms with E-state index >= 15 is 0 Å². The van der Waals surface area contributed by atoms with Gasteiger partial charge in [-0.25, -0.2) is 0 Å². The monoisotopic (exact) mass is 240 g/mol. The first-order valence-corrected chi connectivity index (χ1v) is 6.05. The van der Waals surface area contributed by atoms with Crippen LogP contribution in [0, 0.1) is 0 Å². The van der Waals surface area contributed by atoms with Crippen molar-refractivity contribution < 1.29 is 22.4 Å². The first-order chi connectivity index (χ1) is 6.93. The molecule has 0 heterocycles. The van der Waals surface area contributed by atoms with Crippen molar-refractivity contribution >= 4 is 7.60 Å². The van der Waals surface area contributed by atoms with Crippen molar-refractivity contribution in [2.75, 3.05) is 13.2 Å². The van der Waals surface area contributed by atoms with Gasteiger partial charge in [0, 0.05) is 0 Å². The molecule has 15 heavy (non-hydrogen) atoms. The van der Waals surface area contributed by atoms with Crippen LogP contribution < -0.4 is 0 Å². The molecule has 0 bridgehead atoms. The molecule has 0 rings (SSSR count). The van der Waals surface area contributed by atoms with Crippen molar-refractivity contribution in [1.82, 2.24) is 0 Å². The Morgan fingerprint density at radius 1 is 1.33 bits per heavy atom. The molecule has 6 heteroatoms. The molecule has 0 aliphatic carbocycles. The quantitative estimate of drug-likeness (QED) is 0.504. The van der Waals surface area contributed by atoms with Gasteiger partial charge in [-0.1, -0.05) is 18.7 Å². The highest BCUT2D eigenvalue weighted by atomic mass is 31.2. The smallest absolute Gasteiger partial charge is 0.304 e. The van der Waals surface area contributed by atoms with Crippen LogP contribution in [0.3, 0.4) is 0 Å². The van der Waals surface area contributed by atoms with E-state index in [2.05, 4.69) is 15.6 Å². The van der Waals surface area contributed by atoms with Gasteiger partial charge < -0.3 is 9.05 Å². The van der Waals surface area contributed by atoms with Crippen LogP contribution in [-0.4, -0.2) is 18.9 Å². The van der Waals surface area contributed by atoms with Crippen LogP contribution in [0.1, 0.15) is 13.8 Å². The first-order valence-electron chi connectivity index (χ1n) is 4.50. The maximum absolute atomic E-state index is 13.4. The van der Waals surface area contributed by atoms with Crippen molar-refractivity contribution in [3.63, 3.8) is 0 Å². The van der Waals surface area contributed by atoms with Crippen molar-refractivity contribution in [3.8, 4) is 0 Å². The van der Waals surface area contributed by atoms with E-state index in [0.717, 1.165) is 12.2 Å². The van der Waals surface area contributed by atoms with Gasteiger partial charge in [0.05, 0.1) is 13.2 Å². The molecule has 0 spiro atoms. The van der Waals surface area contributed by atoms with Gasteiger partial charge in [0.1, 0.15) is 0 Å². The molecule has 0 atom stereocenters. The summed E-state index contributed by atoms with van der Waals surface area (Å²) in [5.74, 6) is 0. The molecule has 0 aromatic rings. The van der Waals surface area contributed by atoms with Crippen LogP contribution in [0.2, 0.25) is 0 Å². The normalized spacial score (nSPS) is 13.3. The molecule has 3 nitrogen and oxygen atoms in total. The van der Waals surface area contributed by atoms with E-state index < -0.39 is 13.3 Å². The molecule has 88 valence electrons. The summed E-state index contributed by atoms with van der Waals surface area (Å²) in [4.78, 5) is 0. The lowest BCUT2D eigenvalue weighted by Gasteiger charge is -2.22. The predicted octanol–water partition coefficient (Wildman–Crippen LogP) is 3.59. The van der Waals surface area contributed by atoms with E-state index in [1.54, 1.807) is 0 Å². The summed E-state index contributed by atoms with van der Waals surface area (Å²) in [5.41, 5.74) is -3.63. The lowest BCUT2D eigenvalue weighted by molar-refractivity contribution is 0.0793. The Bertz CT molecular complexity index is 267. The molecule has 0 fully saturated rings. The van der Waals surface area contributed by atoms with Gasteiger partial charge in [-0.2, -0.15) is 8.78 Å². The Balaban J connectivity index is 4.95. The summed E-state index contributed by atoms with van der Waals surface area (Å²) in [6, 6.07) is 0. The Kier molecular flexibility index (Phi) is 5.95. The van der Waals surface area contributed by atoms with Gasteiger partial charge in [-0.3, -0.25) is 4.57 Å². The largest absolute Gasteiger partial charge is 0.403 e. The number of hydrogen-bond acceptors (Lipinski definition) is 3. The Labute approximate surface area is 88.3 Å². The SMILES string of the molecule is C=C/C=C/C(F)(F)P(=O)(OCC)OCC. The Hall–Kier alpha value is -0.510. The van der Waals surface area contributed by atoms with Crippen LogP contribution in [0.5, 0.6) is 0 Å². The number of allylic oxidation sites excluding steroid dienone is 3. The van der Waals surface area contributed by atoms with Crippen molar-refractivity contribution in [3.05, 3.63) is 24.8 Å². The van der Waals surface area contributed by atoms with Crippen LogP contribution in [-0.2, 0) is 13.6 Å². The van der Waals surface area contributed by atoms with E-state index in [9.17, 15) is 13.3 Å². The fraction of sp³-hybridized carbons (Fsp3) is 0.556. The summed E-state index contributed by atoms with van der Waals surface area (Å²) < 4.78 is 47.5. The minimum Gasteiger partial charge on any atom is -0.304 e. The highest BCUT2D eigenvalue weighted by Crippen LogP contribution is 2.62. The van der Waals surface area contributed by atoms with Crippen molar-refractivity contribution in [2.45, 2.75) is 19.5 Å². The van der Waals surface area contributed by atoms with E-state index in [-0.39, 0.29) is 13.2 Å². The lowest BCUT2D eigenvalue weighted by Crippen LogP contribution is -2.17. The van der Waals surface area contributed by atoms with Crippen LogP contribution in [0.15, 0.2) is 24.8 Å². The molecular formula is C9H15F2O3P. The van der Waals surface area contributed by atoms with Crippen molar-refractivity contribution in [1.29, 1.82) is 0 Å². The molecule has 0 unspecified atom stereocenters. The fourth-order valence-corrected chi connectivity index (χ4v) is 2.19. The van der Waals surface area contributed by atoms with Crippen LogP contribution in [0.25, 0.3) is 0 Å². The standard InChI is InChI=1S/C9H15F2O3P/c1-4-7-8-9(10,11)15(12,13-5-2)14-6-3/h4,7-8H,1,5-6H2,2-3H3/b8-7+. The zero-order valence-corrected chi connectivity index (χ0v) is 9.68. The average molecular weight is 240 g/mol. The van der Waals surface area contributed by atoms with Gasteiger partial charge in [-0.05, 0) is 19.9 Å². The fourth-order valence-electron chi connectivity index (χ4n) is 0.824. The summed E-state index contributed by atoms with van der Waals surface area (Å²) in [5, 5.41) is 0. The van der Waals surface area contributed by atoms with Gasteiger partial charge >= 0.3 is 13.3 Å². The molecule has 0 saturated carbocycles. The Morgan fingerprint density at radius 2 is 1.80 bits per heavy atom. The zero-order valence-electron chi connectivity index (χ0n) is 8.78. The van der Waals surface area contributed by atoms with Crippen LogP contribution >= 0.6 is 7.60 Å². The third-order valence-corrected chi connectivity index (χ3v) is 3.47. The third-order valence-electron chi connectivity index (χ3n) is 1.40. The second-order valence-corrected chi connectivity index (χ2v) is 4.62. The molecule has 0 amide bonds. The highest BCUT2D eigenvalue weighted by Gasteiger charge is 2.51. The predicted molar refractivity (Wildman–Crippen MR) is 55.1 cm³/mol. The number of rotatable bonds is 7. The third kappa shape index (κ3) is 3.86. The maximum Gasteiger partial charge on any atom is 0.403 e. The topological polar surface area (TPSA) is 35.5 Å². The molecule has 0 aromatic carbocycles. The minimum atomic E-state index is -4.42. The van der Waals surface area contributed by atoms with Crippen molar-refractivity contribution in [2.24, 2.45) is 0 Å². The minimum absolute atomic E-state index is 0.102. The summed E-state index contributed by atoms with van der Waals surface area (Å²) in [7, 11) is -4.42. The number of alkyl halides is 2. The summed E-state index contributed by atoms with van der Waals surface area (Å²) in [6.45, 7) is 5.98. The highest BCUT2D eigenvalue weighted by molar-refractivity contribution is 7.55. The van der Waals surface area contributed by atoms with E-state index in [1.165, 1.54) is 13.8 Å². The molecule has 0 N–H and O–H groups in total. The second kappa shape index (κ2) is 6.16. The van der Waals surface area contributed by atoms with Gasteiger partial charge in [-0.15, -0.1) is 0 Å². The molecule has 0 radical (unpaired) electrons. The van der Waals surface area contributed by atoms with Gasteiger partial charge in [0.25, 0.3) is 0 Å². The molecule has 0 saturated heterocycles. The molecule has 0 aromatic heterocycles. The van der Waals surface area contributed by atoms with Gasteiger partial charge in [0.15, 0.2) is 0 Å². The average Bonchev–Trinajstić information content (AvgIpc) is 2.15. The van der Waals surface area contributed by atoms with Crippen LogP contribution in [0.4, 0.5) is 8.78 Å². The molecule has 0 aliphatic heterocycles. The van der Waals surface area contributed by atoms with E-state index in [4.69, 9.17) is 0 Å². The second-order valence-electron chi connectivity index (χ2n) is 2.52. The lowest BCUT2D eigenvalue weighted by atomic mass is 10.5. The maximum atomic E-state index is 13.4. The Morgan fingerprint density at radius 3 is 2.13 bits per heavy atom. The number of halogens is 2. The van der Waals surface area contributed by atoms with E-state index in [0.29, 0.717) is 6.08 Å². The van der Waals surface area contributed by atoms with E-state index in [1.807, 2.05) is 0 Å². The van der Waals surface area contributed by atoms with Gasteiger partial charge in [0.2, 0.25) is 0 Å². The summed E-state index contributed by atoms with van der Waals surface area (Å²) in [6.07, 6.45) is 2.63. The number of hydrogen-bond donors (Lipinski definition) is 0.